The van der Waals surface area contributed by atoms with Crippen molar-refractivity contribution in [2.45, 2.75) is 39.7 Å². The van der Waals surface area contributed by atoms with Crippen LogP contribution in [0.3, 0.4) is 0 Å². The van der Waals surface area contributed by atoms with Crippen LogP contribution in [0.5, 0.6) is 5.75 Å². The highest BCUT2D eigenvalue weighted by molar-refractivity contribution is 6.31. The molecule has 0 fully saturated rings. The molecule has 0 saturated heterocycles. The van der Waals surface area contributed by atoms with E-state index in [1.165, 1.54) is 0 Å². The number of ether oxygens (including phenoxy) is 2. The van der Waals surface area contributed by atoms with Gasteiger partial charge in [-0.25, -0.2) is 4.79 Å². The van der Waals surface area contributed by atoms with Gasteiger partial charge in [-0.1, -0.05) is 31.0 Å². The molecule has 0 bridgehead atoms. The largest absolute Gasteiger partial charge is 0.481 e. The van der Waals surface area contributed by atoms with Crippen molar-refractivity contribution < 1.29 is 19.1 Å². The molecule has 0 heterocycles. The van der Waals surface area contributed by atoms with Crippen LogP contribution in [0.1, 0.15) is 42.6 Å². The molecule has 1 N–H and O–H groups in total. The summed E-state index contributed by atoms with van der Waals surface area (Å²) >= 11 is 5.99. The number of carbonyl (C=O) groups is 2. The Morgan fingerprint density at radius 3 is 2.67 bits per heavy atom. The van der Waals surface area contributed by atoms with Gasteiger partial charge in [0.25, 0.3) is 5.91 Å². The molecule has 5 nitrogen and oxygen atoms in total. The summed E-state index contributed by atoms with van der Waals surface area (Å²) in [6, 6.07) is 11.9. The monoisotopic (exact) mass is 389 g/mol. The first-order chi connectivity index (χ1) is 12.9. The first-order valence-corrected chi connectivity index (χ1v) is 9.29. The fourth-order valence-electron chi connectivity index (χ4n) is 2.31. The minimum Gasteiger partial charge on any atom is -0.481 e. The van der Waals surface area contributed by atoms with Crippen LogP contribution in [-0.2, 0) is 9.53 Å². The summed E-state index contributed by atoms with van der Waals surface area (Å²) in [7, 11) is 0. The number of nitrogens with one attached hydrogen (secondary N) is 1. The molecule has 0 spiro atoms. The first kappa shape index (κ1) is 20.8. The van der Waals surface area contributed by atoms with Crippen LogP contribution in [0.4, 0.5) is 5.69 Å². The molecule has 0 aliphatic heterocycles. The topological polar surface area (TPSA) is 64.6 Å². The molecular formula is C21H24ClNO4. The molecule has 0 aliphatic carbocycles. The predicted octanol–water partition coefficient (Wildman–Crippen LogP) is 5.01. The molecule has 0 radical (unpaired) electrons. The number of carbonyl (C=O) groups excluding carboxylic acids is 2. The van der Waals surface area contributed by atoms with Gasteiger partial charge in [-0.15, -0.1) is 0 Å². The molecule has 2 aromatic rings. The summed E-state index contributed by atoms with van der Waals surface area (Å²) in [4.78, 5) is 24.4. The molecular weight excluding hydrogens is 366 g/mol. The van der Waals surface area contributed by atoms with E-state index in [2.05, 4.69) is 5.32 Å². The van der Waals surface area contributed by atoms with E-state index < -0.39 is 12.1 Å². The van der Waals surface area contributed by atoms with Crippen LogP contribution in [0, 0.1) is 6.92 Å². The fraction of sp³-hybridized carbons (Fsp3) is 0.333. The van der Waals surface area contributed by atoms with Gasteiger partial charge in [0.05, 0.1) is 12.2 Å². The number of aryl methyl sites for hydroxylation is 1. The average molecular weight is 390 g/mol. The molecule has 2 rings (SSSR count). The van der Waals surface area contributed by atoms with Gasteiger partial charge in [0.15, 0.2) is 6.10 Å². The third kappa shape index (κ3) is 6.29. The highest BCUT2D eigenvalue weighted by Crippen LogP contribution is 2.22. The van der Waals surface area contributed by atoms with Crippen LogP contribution in [-0.4, -0.2) is 24.6 Å². The maximum absolute atomic E-state index is 12.4. The van der Waals surface area contributed by atoms with Gasteiger partial charge in [0.1, 0.15) is 5.75 Å². The van der Waals surface area contributed by atoms with Gasteiger partial charge in [0, 0.05) is 10.7 Å². The second-order valence-electron chi connectivity index (χ2n) is 6.23. The van der Waals surface area contributed by atoms with Crippen molar-refractivity contribution >= 4 is 29.2 Å². The van der Waals surface area contributed by atoms with Gasteiger partial charge in [-0.2, -0.15) is 0 Å². The van der Waals surface area contributed by atoms with Crippen molar-refractivity contribution in [3.8, 4) is 5.75 Å². The Balaban J connectivity index is 1.97. The molecule has 6 heteroatoms. The van der Waals surface area contributed by atoms with Gasteiger partial charge in [-0.3, -0.25) is 4.79 Å². The summed E-state index contributed by atoms with van der Waals surface area (Å²) in [5.41, 5.74) is 1.77. The molecule has 0 saturated carbocycles. The minimum atomic E-state index is -0.717. The third-order valence-corrected chi connectivity index (χ3v) is 4.33. The number of rotatable bonds is 8. The van der Waals surface area contributed by atoms with Gasteiger partial charge >= 0.3 is 5.97 Å². The Morgan fingerprint density at radius 2 is 1.96 bits per heavy atom. The Labute approximate surface area is 164 Å². The van der Waals surface area contributed by atoms with Crippen molar-refractivity contribution in [3.63, 3.8) is 0 Å². The van der Waals surface area contributed by atoms with Crippen molar-refractivity contribution in [1.29, 1.82) is 0 Å². The van der Waals surface area contributed by atoms with Crippen molar-refractivity contribution in [2.75, 3.05) is 11.9 Å². The normalized spacial score (nSPS) is 11.6. The average Bonchev–Trinajstić information content (AvgIpc) is 2.65. The number of hydrogen-bond donors (Lipinski definition) is 1. The van der Waals surface area contributed by atoms with Crippen molar-refractivity contribution in [3.05, 3.63) is 58.6 Å². The lowest BCUT2D eigenvalue weighted by Gasteiger charge is -2.15. The van der Waals surface area contributed by atoms with Gasteiger partial charge in [-0.05, 0) is 62.2 Å². The predicted molar refractivity (Wildman–Crippen MR) is 107 cm³/mol. The minimum absolute atomic E-state index is 0.320. The van der Waals surface area contributed by atoms with Crippen LogP contribution < -0.4 is 10.1 Å². The second-order valence-corrected chi connectivity index (χ2v) is 6.64. The highest BCUT2D eigenvalue weighted by Gasteiger charge is 2.16. The summed E-state index contributed by atoms with van der Waals surface area (Å²) in [5.74, 6) is -0.160. The Bertz CT molecular complexity index is 807. The quantitative estimate of drug-likeness (QED) is 0.509. The lowest BCUT2D eigenvalue weighted by atomic mass is 10.2. The summed E-state index contributed by atoms with van der Waals surface area (Å²) in [6.07, 6.45) is 1.06. The maximum Gasteiger partial charge on any atom is 0.338 e. The van der Waals surface area contributed by atoms with Crippen molar-refractivity contribution in [2.24, 2.45) is 0 Å². The first-order valence-electron chi connectivity index (χ1n) is 8.91. The molecule has 0 aliphatic rings. The molecule has 2 aromatic carbocycles. The van der Waals surface area contributed by atoms with E-state index in [-0.39, 0.29) is 5.91 Å². The van der Waals surface area contributed by atoms with Crippen LogP contribution >= 0.6 is 11.6 Å². The zero-order valence-electron chi connectivity index (χ0n) is 15.8. The standard InChI is InChI=1S/C21H24ClNO4/c1-4-5-11-26-21(25)16-7-6-8-17(13-16)23-20(24)15(3)27-18-9-10-19(22)14(2)12-18/h6-10,12-13,15H,4-5,11H2,1-3H3,(H,23,24). The Kier molecular flexibility index (Phi) is 7.67. The number of amides is 1. The van der Waals surface area contributed by atoms with Crippen LogP contribution in [0.15, 0.2) is 42.5 Å². The third-order valence-electron chi connectivity index (χ3n) is 3.91. The Morgan fingerprint density at radius 1 is 1.19 bits per heavy atom. The highest BCUT2D eigenvalue weighted by atomic mass is 35.5. The molecule has 27 heavy (non-hydrogen) atoms. The van der Waals surface area contributed by atoms with E-state index in [0.29, 0.717) is 28.6 Å². The zero-order chi connectivity index (χ0) is 19.8. The fourth-order valence-corrected chi connectivity index (χ4v) is 2.43. The summed E-state index contributed by atoms with van der Waals surface area (Å²) in [6.45, 7) is 5.93. The number of halogens is 1. The zero-order valence-corrected chi connectivity index (χ0v) is 16.5. The van der Waals surface area contributed by atoms with Crippen LogP contribution in [0.25, 0.3) is 0 Å². The lowest BCUT2D eigenvalue weighted by Crippen LogP contribution is -2.30. The van der Waals surface area contributed by atoms with E-state index in [0.717, 1.165) is 18.4 Å². The number of anilines is 1. The van der Waals surface area contributed by atoms with E-state index in [4.69, 9.17) is 21.1 Å². The molecule has 1 atom stereocenters. The summed E-state index contributed by atoms with van der Waals surface area (Å²) < 4.78 is 10.9. The lowest BCUT2D eigenvalue weighted by molar-refractivity contribution is -0.122. The molecule has 1 amide bonds. The number of hydrogen-bond acceptors (Lipinski definition) is 4. The number of unbranched alkanes of at least 4 members (excludes halogenated alkanes) is 1. The second kappa shape index (κ2) is 9.97. The van der Waals surface area contributed by atoms with E-state index in [1.54, 1.807) is 49.4 Å². The van der Waals surface area contributed by atoms with E-state index in [1.807, 2.05) is 13.8 Å². The van der Waals surface area contributed by atoms with Crippen molar-refractivity contribution in [1.82, 2.24) is 0 Å². The van der Waals surface area contributed by atoms with E-state index >= 15 is 0 Å². The summed E-state index contributed by atoms with van der Waals surface area (Å²) in [5, 5.41) is 3.39. The van der Waals surface area contributed by atoms with Crippen LogP contribution in [0.2, 0.25) is 5.02 Å². The molecule has 1 unspecified atom stereocenters. The molecule has 144 valence electrons. The number of benzene rings is 2. The smallest absolute Gasteiger partial charge is 0.338 e. The van der Waals surface area contributed by atoms with E-state index in [9.17, 15) is 9.59 Å². The maximum atomic E-state index is 12.4. The molecule has 0 aromatic heterocycles. The van der Waals surface area contributed by atoms with Gasteiger partial charge in [0.2, 0.25) is 0 Å². The SMILES string of the molecule is CCCCOC(=O)c1cccc(NC(=O)C(C)Oc2ccc(Cl)c(C)c2)c1. The van der Waals surface area contributed by atoms with Gasteiger partial charge < -0.3 is 14.8 Å². The Hall–Kier alpha value is -2.53. The number of esters is 1.